The first-order valence-electron chi connectivity index (χ1n) is 15.4. The van der Waals surface area contributed by atoms with Crippen molar-refractivity contribution in [2.24, 2.45) is 0 Å². The number of hydrogen-bond acceptors (Lipinski definition) is 4. The minimum absolute atomic E-state index is 0.676. The zero-order valence-electron chi connectivity index (χ0n) is 24.6. The second kappa shape index (κ2) is 9.62. The molecule has 0 bridgehead atoms. The maximum Gasteiger partial charge on any atom is 0.160 e. The summed E-state index contributed by atoms with van der Waals surface area (Å²) >= 11 is 0. The summed E-state index contributed by atoms with van der Waals surface area (Å²) in [6.07, 6.45) is 0. The molecule has 3 aromatic heterocycles. The molecule has 0 aliphatic carbocycles. The molecule has 3 heterocycles. The molecule has 46 heavy (non-hydrogen) atoms. The number of nitrogens with zero attached hydrogens (tertiary/aromatic N) is 2. The molecule has 7 aromatic carbocycles. The predicted molar refractivity (Wildman–Crippen MR) is 188 cm³/mol. The summed E-state index contributed by atoms with van der Waals surface area (Å²) in [5.41, 5.74) is 9.40. The summed E-state index contributed by atoms with van der Waals surface area (Å²) in [5, 5.41) is 7.79. The van der Waals surface area contributed by atoms with Gasteiger partial charge in [-0.2, -0.15) is 0 Å². The minimum atomic E-state index is 0.676. The van der Waals surface area contributed by atoms with E-state index in [2.05, 4.69) is 109 Å². The van der Waals surface area contributed by atoms with Crippen LogP contribution in [0.4, 0.5) is 0 Å². The summed E-state index contributed by atoms with van der Waals surface area (Å²) in [4.78, 5) is 10.2. The van der Waals surface area contributed by atoms with Crippen molar-refractivity contribution in [1.82, 2.24) is 9.97 Å². The highest BCUT2D eigenvalue weighted by molar-refractivity contribution is 6.15. The second-order valence-electron chi connectivity index (χ2n) is 11.8. The zero-order valence-corrected chi connectivity index (χ0v) is 24.6. The number of benzene rings is 7. The van der Waals surface area contributed by atoms with Crippen molar-refractivity contribution in [3.8, 4) is 33.8 Å². The van der Waals surface area contributed by atoms with Gasteiger partial charge in [-0.1, -0.05) is 97.1 Å². The van der Waals surface area contributed by atoms with Gasteiger partial charge >= 0.3 is 0 Å². The van der Waals surface area contributed by atoms with Gasteiger partial charge < -0.3 is 8.83 Å². The summed E-state index contributed by atoms with van der Waals surface area (Å²) in [5.74, 6) is 0.676. The maximum absolute atomic E-state index is 6.37. The average Bonchev–Trinajstić information content (AvgIpc) is 3.67. The van der Waals surface area contributed by atoms with E-state index < -0.39 is 0 Å². The molecule has 4 heteroatoms. The van der Waals surface area contributed by atoms with Crippen molar-refractivity contribution in [2.45, 2.75) is 0 Å². The van der Waals surface area contributed by atoms with Crippen LogP contribution >= 0.6 is 0 Å². The van der Waals surface area contributed by atoms with Gasteiger partial charge in [0, 0.05) is 38.1 Å². The van der Waals surface area contributed by atoms with Crippen molar-refractivity contribution in [2.75, 3.05) is 0 Å². The molecule has 0 aliphatic rings. The molecule has 0 saturated heterocycles. The SMILES string of the molecule is c1cc(-c2nc(-c3ccc4c(c3)oc3ccccc34)c3ccccc3n2)cc(-c2cccc3oc4cc5ccccc5cc4c23)c1. The number of para-hydroxylation sites is 2. The number of fused-ring (bicyclic) bond motifs is 8. The quantitative estimate of drug-likeness (QED) is 0.206. The lowest BCUT2D eigenvalue weighted by molar-refractivity contribution is 0.669. The number of rotatable bonds is 3. The highest BCUT2D eigenvalue weighted by Crippen LogP contribution is 2.40. The monoisotopic (exact) mass is 588 g/mol. The Morgan fingerprint density at radius 2 is 1.09 bits per heavy atom. The van der Waals surface area contributed by atoms with Crippen molar-refractivity contribution in [3.05, 3.63) is 146 Å². The van der Waals surface area contributed by atoms with E-state index in [1.807, 2.05) is 36.4 Å². The molecular formula is C42H24N2O2. The molecule has 0 aliphatic heterocycles. The predicted octanol–water partition coefficient (Wildman–Crippen LogP) is 11.6. The first-order chi connectivity index (χ1) is 22.8. The Morgan fingerprint density at radius 3 is 2.02 bits per heavy atom. The van der Waals surface area contributed by atoms with E-state index in [0.717, 1.165) is 82.7 Å². The van der Waals surface area contributed by atoms with Gasteiger partial charge in [-0.05, 0) is 70.4 Å². The van der Waals surface area contributed by atoms with Gasteiger partial charge in [0.05, 0.1) is 11.2 Å². The third-order valence-electron chi connectivity index (χ3n) is 9.05. The second-order valence-corrected chi connectivity index (χ2v) is 11.8. The largest absolute Gasteiger partial charge is 0.456 e. The third-order valence-corrected chi connectivity index (χ3v) is 9.05. The Morgan fingerprint density at radius 1 is 0.391 bits per heavy atom. The van der Waals surface area contributed by atoms with Crippen LogP contribution in [-0.2, 0) is 0 Å². The van der Waals surface area contributed by atoms with E-state index >= 15 is 0 Å². The van der Waals surface area contributed by atoms with Crippen LogP contribution < -0.4 is 0 Å². The van der Waals surface area contributed by atoms with Gasteiger partial charge in [-0.15, -0.1) is 0 Å². The Hall–Kier alpha value is -6.26. The molecule has 214 valence electrons. The number of aromatic nitrogens is 2. The number of hydrogen-bond donors (Lipinski definition) is 0. The van der Waals surface area contributed by atoms with E-state index in [1.54, 1.807) is 0 Å². The van der Waals surface area contributed by atoms with Crippen molar-refractivity contribution >= 4 is 65.6 Å². The number of furan rings is 2. The first-order valence-corrected chi connectivity index (χ1v) is 15.4. The molecule has 0 spiro atoms. The van der Waals surface area contributed by atoms with Gasteiger partial charge in [-0.25, -0.2) is 9.97 Å². The van der Waals surface area contributed by atoms with Gasteiger partial charge in [0.1, 0.15) is 22.3 Å². The minimum Gasteiger partial charge on any atom is -0.456 e. The van der Waals surface area contributed by atoms with Crippen LogP contribution in [0.5, 0.6) is 0 Å². The molecule has 10 aromatic rings. The fourth-order valence-corrected chi connectivity index (χ4v) is 6.88. The maximum atomic E-state index is 6.37. The van der Waals surface area contributed by atoms with E-state index in [0.29, 0.717) is 5.82 Å². The van der Waals surface area contributed by atoms with E-state index in [9.17, 15) is 0 Å². The molecule has 10 rings (SSSR count). The fourth-order valence-electron chi connectivity index (χ4n) is 6.88. The standard InChI is InChI=1S/C42H24N2O2/c1-2-10-26-23-39-34(22-25(26)9-1)40-30(15-8-18-37(40)46-39)27-11-7-12-29(21-27)42-43-35-16-5-3-14-33(35)41(44-42)28-19-20-32-31-13-4-6-17-36(31)45-38(32)24-28/h1-24H. The Bertz CT molecular complexity index is 2820. The lowest BCUT2D eigenvalue weighted by atomic mass is 9.96. The summed E-state index contributed by atoms with van der Waals surface area (Å²) < 4.78 is 12.6. The van der Waals surface area contributed by atoms with Crippen LogP contribution in [-0.4, -0.2) is 9.97 Å². The molecule has 0 N–H and O–H groups in total. The molecule has 0 amide bonds. The smallest absolute Gasteiger partial charge is 0.160 e. The van der Waals surface area contributed by atoms with E-state index in [4.69, 9.17) is 18.8 Å². The van der Waals surface area contributed by atoms with E-state index in [-0.39, 0.29) is 0 Å². The summed E-state index contributed by atoms with van der Waals surface area (Å²) in [7, 11) is 0. The van der Waals surface area contributed by atoms with Gasteiger partial charge in [-0.3, -0.25) is 0 Å². The van der Waals surface area contributed by atoms with Crippen molar-refractivity contribution in [3.63, 3.8) is 0 Å². The molecular weight excluding hydrogens is 564 g/mol. The van der Waals surface area contributed by atoms with Crippen LogP contribution in [0.25, 0.3) is 99.3 Å². The molecule has 0 saturated carbocycles. The topological polar surface area (TPSA) is 52.1 Å². The summed E-state index contributed by atoms with van der Waals surface area (Å²) in [6.45, 7) is 0. The molecule has 0 fully saturated rings. The Kier molecular flexibility index (Phi) is 5.25. The van der Waals surface area contributed by atoms with Gasteiger partial charge in [0.15, 0.2) is 5.82 Å². The van der Waals surface area contributed by atoms with Crippen molar-refractivity contribution in [1.29, 1.82) is 0 Å². The van der Waals surface area contributed by atoms with Crippen LogP contribution in [0, 0.1) is 0 Å². The Balaban J connectivity index is 1.15. The van der Waals surface area contributed by atoms with Crippen LogP contribution in [0.3, 0.4) is 0 Å². The fraction of sp³-hybridized carbons (Fsp3) is 0. The highest BCUT2D eigenvalue weighted by Gasteiger charge is 2.17. The zero-order chi connectivity index (χ0) is 30.2. The highest BCUT2D eigenvalue weighted by atomic mass is 16.3. The summed E-state index contributed by atoms with van der Waals surface area (Å²) in [6, 6.07) is 50.3. The normalized spacial score (nSPS) is 11.9. The third kappa shape index (κ3) is 3.80. The lowest BCUT2D eigenvalue weighted by Crippen LogP contribution is -1.95. The average molecular weight is 589 g/mol. The molecule has 0 unspecified atom stereocenters. The van der Waals surface area contributed by atoms with Crippen LogP contribution in [0.15, 0.2) is 154 Å². The molecule has 4 nitrogen and oxygen atoms in total. The van der Waals surface area contributed by atoms with Crippen LogP contribution in [0.2, 0.25) is 0 Å². The molecule has 0 atom stereocenters. The first kappa shape index (κ1) is 25.1. The lowest BCUT2D eigenvalue weighted by Gasteiger charge is -2.11. The van der Waals surface area contributed by atoms with Crippen molar-refractivity contribution < 1.29 is 8.83 Å². The van der Waals surface area contributed by atoms with Crippen LogP contribution in [0.1, 0.15) is 0 Å². The Labute approximate surface area is 263 Å². The van der Waals surface area contributed by atoms with E-state index in [1.165, 1.54) is 10.8 Å². The molecule has 0 radical (unpaired) electrons. The van der Waals surface area contributed by atoms with Gasteiger partial charge in [0.2, 0.25) is 0 Å². The van der Waals surface area contributed by atoms with Gasteiger partial charge in [0.25, 0.3) is 0 Å².